The summed E-state index contributed by atoms with van der Waals surface area (Å²) in [5.74, 6) is 1.98. The number of para-hydroxylation sites is 3. The Kier molecular flexibility index (Phi) is 8.01. The normalized spacial score (nSPS) is 11.2. The number of imidazole rings is 3. The van der Waals surface area contributed by atoms with Crippen molar-refractivity contribution in [3.63, 3.8) is 0 Å². The third-order valence-corrected chi connectivity index (χ3v) is 8.83. The smallest absolute Gasteiger partial charge is 0.165 e. The quantitative estimate of drug-likeness (QED) is 0.171. The first kappa shape index (κ1) is 31.6. The molecule has 0 saturated carbocycles. The van der Waals surface area contributed by atoms with Crippen molar-refractivity contribution >= 4 is 33.5 Å². The molecule has 0 atom stereocenters. The molecule has 7 aromatic heterocycles. The van der Waals surface area contributed by atoms with Crippen LogP contribution < -0.4 is 0 Å². The minimum atomic E-state index is 0.628. The Morgan fingerprint density at radius 2 is 0.698 bits per heavy atom. The molecule has 0 saturated heterocycles. The van der Waals surface area contributed by atoms with E-state index in [9.17, 15) is 0 Å². The van der Waals surface area contributed by atoms with E-state index >= 15 is 0 Å². The van der Waals surface area contributed by atoms with Crippen LogP contribution in [0.3, 0.4) is 0 Å². The second kappa shape index (κ2) is 13.4. The molecule has 0 amide bonds. The molecule has 0 fully saturated rings. The molecule has 10 rings (SSSR count). The third kappa shape index (κ3) is 5.49. The highest BCUT2D eigenvalue weighted by Crippen LogP contribution is 2.36. The van der Waals surface area contributed by atoms with Gasteiger partial charge in [0.25, 0.3) is 0 Å². The lowest BCUT2D eigenvalue weighted by Gasteiger charge is -2.14. The van der Waals surface area contributed by atoms with Crippen LogP contribution in [0.2, 0.25) is 0 Å². The number of fused-ring (bicyclic) bond motifs is 3. The average molecular weight is 689 g/mol. The number of aromatic nitrogens is 10. The lowest BCUT2D eigenvalue weighted by Crippen LogP contribution is -2.04. The van der Waals surface area contributed by atoms with Crippen LogP contribution in [0.25, 0.3) is 85.0 Å². The topological polar surface area (TPSA) is 105 Å². The van der Waals surface area contributed by atoms with E-state index in [-0.39, 0.29) is 0 Å². The molecule has 10 heteroatoms. The van der Waals surface area contributed by atoms with Crippen LogP contribution >= 0.6 is 0 Å². The van der Waals surface area contributed by atoms with E-state index in [1.54, 1.807) is 18.6 Å². The standard InChI is InChI=1S/C41H26N10.C2H6/c1-4-13-28(14-5-1)49-36(46-31-19-10-22-42-37(31)49)27-25-34(40-47-32-20-11-23-43-38(32)50(40)29-15-6-2-7-16-29)45-35(26-27)41-48-33-21-12-24-44-39(33)51(41)30-17-8-3-9-18-30;1-2/h1-26H;1-2H3. The molecular formula is C43H32N10. The minimum absolute atomic E-state index is 0.628. The highest BCUT2D eigenvalue weighted by molar-refractivity contribution is 5.86. The van der Waals surface area contributed by atoms with E-state index in [1.807, 2.05) is 141 Å². The lowest BCUT2D eigenvalue weighted by atomic mass is 10.1. The van der Waals surface area contributed by atoms with Crippen molar-refractivity contribution in [3.8, 4) is 51.5 Å². The number of benzene rings is 3. The van der Waals surface area contributed by atoms with E-state index in [0.29, 0.717) is 28.9 Å². The van der Waals surface area contributed by atoms with Gasteiger partial charge in [0.2, 0.25) is 0 Å². The van der Waals surface area contributed by atoms with Crippen molar-refractivity contribution < 1.29 is 0 Å². The van der Waals surface area contributed by atoms with Gasteiger partial charge in [0, 0.05) is 41.2 Å². The fraction of sp³-hybridized carbons (Fsp3) is 0.0465. The highest BCUT2D eigenvalue weighted by atomic mass is 15.2. The largest absolute Gasteiger partial charge is 0.277 e. The van der Waals surface area contributed by atoms with Crippen molar-refractivity contribution in [2.24, 2.45) is 0 Å². The number of pyridine rings is 4. The summed E-state index contributed by atoms with van der Waals surface area (Å²) in [5.41, 5.74) is 9.35. The molecule has 0 radical (unpaired) electrons. The van der Waals surface area contributed by atoms with Crippen molar-refractivity contribution in [2.45, 2.75) is 13.8 Å². The highest BCUT2D eigenvalue weighted by Gasteiger charge is 2.24. The van der Waals surface area contributed by atoms with Crippen LogP contribution in [0, 0.1) is 0 Å². The van der Waals surface area contributed by atoms with Gasteiger partial charge in [0.1, 0.15) is 33.8 Å². The molecule has 3 aromatic carbocycles. The maximum atomic E-state index is 5.34. The van der Waals surface area contributed by atoms with Crippen LogP contribution in [0.1, 0.15) is 13.8 Å². The Balaban J connectivity index is 0.00000183. The predicted octanol–water partition coefficient (Wildman–Crippen LogP) is 9.31. The van der Waals surface area contributed by atoms with Crippen molar-refractivity contribution in [1.82, 2.24) is 48.6 Å². The summed E-state index contributed by atoms with van der Waals surface area (Å²) in [6, 6.07) is 46.1. The van der Waals surface area contributed by atoms with Gasteiger partial charge in [0.15, 0.2) is 28.6 Å². The zero-order chi connectivity index (χ0) is 35.7. The van der Waals surface area contributed by atoms with Gasteiger partial charge in [-0.1, -0.05) is 68.4 Å². The number of rotatable bonds is 6. The van der Waals surface area contributed by atoms with Gasteiger partial charge in [-0.3, -0.25) is 13.7 Å². The molecule has 0 aliphatic carbocycles. The van der Waals surface area contributed by atoms with Gasteiger partial charge < -0.3 is 0 Å². The predicted molar refractivity (Wildman–Crippen MR) is 209 cm³/mol. The fourth-order valence-corrected chi connectivity index (χ4v) is 6.63. The van der Waals surface area contributed by atoms with Crippen LogP contribution in [-0.4, -0.2) is 48.6 Å². The second-order valence-corrected chi connectivity index (χ2v) is 12.0. The van der Waals surface area contributed by atoms with E-state index in [2.05, 4.69) is 25.8 Å². The van der Waals surface area contributed by atoms with Crippen molar-refractivity contribution in [3.05, 3.63) is 158 Å². The van der Waals surface area contributed by atoms with Crippen molar-refractivity contribution in [1.29, 1.82) is 0 Å². The Morgan fingerprint density at radius 3 is 1.08 bits per heavy atom. The Morgan fingerprint density at radius 1 is 0.358 bits per heavy atom. The number of hydrogen-bond acceptors (Lipinski definition) is 7. The summed E-state index contributed by atoms with van der Waals surface area (Å²) < 4.78 is 6.19. The maximum Gasteiger partial charge on any atom is 0.165 e. The molecule has 254 valence electrons. The van der Waals surface area contributed by atoms with Crippen LogP contribution in [0.15, 0.2) is 158 Å². The Bertz CT molecular complexity index is 2530. The van der Waals surface area contributed by atoms with Gasteiger partial charge in [-0.2, -0.15) is 0 Å². The van der Waals surface area contributed by atoms with E-state index in [1.165, 1.54) is 0 Å². The minimum Gasteiger partial charge on any atom is -0.277 e. The molecule has 10 nitrogen and oxygen atoms in total. The first-order valence-electron chi connectivity index (χ1n) is 17.5. The summed E-state index contributed by atoms with van der Waals surface area (Å²) in [7, 11) is 0. The average Bonchev–Trinajstić information content (AvgIpc) is 3.95. The van der Waals surface area contributed by atoms with E-state index in [4.69, 9.17) is 34.9 Å². The molecular weight excluding hydrogens is 657 g/mol. The van der Waals surface area contributed by atoms with Gasteiger partial charge in [-0.25, -0.2) is 34.9 Å². The second-order valence-electron chi connectivity index (χ2n) is 12.0. The SMILES string of the molecule is CC.c1ccc(-n2c(-c3cc(-c4nc5cccnc5n4-c4ccccc4)nc(-c4nc5cccnc5n4-c4ccccc4)c3)nc3cccnc32)cc1. The first-order valence-corrected chi connectivity index (χ1v) is 17.5. The van der Waals surface area contributed by atoms with Crippen molar-refractivity contribution in [2.75, 3.05) is 0 Å². The van der Waals surface area contributed by atoms with E-state index < -0.39 is 0 Å². The monoisotopic (exact) mass is 688 g/mol. The Hall–Kier alpha value is -7.33. The summed E-state index contributed by atoms with van der Waals surface area (Å²) in [5, 5.41) is 0. The number of hydrogen-bond donors (Lipinski definition) is 0. The molecule has 0 N–H and O–H groups in total. The van der Waals surface area contributed by atoms with Crippen LogP contribution in [0.4, 0.5) is 0 Å². The zero-order valence-electron chi connectivity index (χ0n) is 29.0. The molecule has 0 unspecified atom stereocenters. The van der Waals surface area contributed by atoms with E-state index in [0.717, 1.165) is 56.1 Å². The molecule has 0 spiro atoms. The zero-order valence-corrected chi connectivity index (χ0v) is 29.0. The summed E-state index contributed by atoms with van der Waals surface area (Å²) in [6.07, 6.45) is 5.36. The molecule has 10 aromatic rings. The van der Waals surface area contributed by atoms with Crippen LogP contribution in [0.5, 0.6) is 0 Å². The number of nitrogens with zero attached hydrogens (tertiary/aromatic N) is 10. The fourth-order valence-electron chi connectivity index (χ4n) is 6.63. The summed E-state index contributed by atoms with van der Waals surface area (Å²) >= 11 is 0. The molecule has 0 bridgehead atoms. The molecule has 0 aliphatic heterocycles. The Labute approximate surface area is 304 Å². The van der Waals surface area contributed by atoms with Gasteiger partial charge in [0.05, 0.1) is 0 Å². The molecule has 0 aliphatic rings. The maximum absolute atomic E-state index is 5.34. The van der Waals surface area contributed by atoms with Gasteiger partial charge in [-0.15, -0.1) is 0 Å². The molecule has 7 heterocycles. The van der Waals surface area contributed by atoms with Gasteiger partial charge in [-0.05, 0) is 84.9 Å². The lowest BCUT2D eigenvalue weighted by molar-refractivity contribution is 1.04. The first-order chi connectivity index (χ1) is 26.3. The third-order valence-electron chi connectivity index (χ3n) is 8.83. The van der Waals surface area contributed by atoms with Crippen LogP contribution in [-0.2, 0) is 0 Å². The summed E-state index contributed by atoms with van der Waals surface area (Å²) in [4.78, 5) is 35.1. The molecule has 53 heavy (non-hydrogen) atoms. The van der Waals surface area contributed by atoms with Gasteiger partial charge >= 0.3 is 0 Å². The summed E-state index contributed by atoms with van der Waals surface area (Å²) in [6.45, 7) is 4.00.